The average Bonchev–Trinajstić information content (AvgIpc) is 3.39. The first-order valence-corrected chi connectivity index (χ1v) is 7.88. The van der Waals surface area contributed by atoms with E-state index in [4.69, 9.17) is 4.74 Å². The summed E-state index contributed by atoms with van der Waals surface area (Å²) in [6.45, 7) is 0.436. The second kappa shape index (κ2) is 6.73. The lowest BCUT2D eigenvalue weighted by Gasteiger charge is -2.18. The van der Waals surface area contributed by atoms with Gasteiger partial charge in [0.25, 0.3) is 0 Å². The van der Waals surface area contributed by atoms with Crippen molar-refractivity contribution >= 4 is 5.91 Å². The van der Waals surface area contributed by atoms with Crippen molar-refractivity contribution in [3.63, 3.8) is 0 Å². The fourth-order valence-electron chi connectivity index (χ4n) is 2.53. The molecule has 2 aromatic carbocycles. The minimum absolute atomic E-state index is 0.0580. The van der Waals surface area contributed by atoms with Crippen molar-refractivity contribution in [3.05, 3.63) is 59.7 Å². The van der Waals surface area contributed by atoms with E-state index < -0.39 is 0 Å². The largest absolute Gasteiger partial charge is 0.508 e. The molecule has 4 nitrogen and oxygen atoms in total. The number of likely N-dealkylation sites (N-methyl/N-ethyl adjacent to an activating group) is 1. The fourth-order valence-corrected chi connectivity index (χ4v) is 2.53. The van der Waals surface area contributed by atoms with Crippen LogP contribution in [0.25, 0.3) is 0 Å². The Morgan fingerprint density at radius 2 is 1.96 bits per heavy atom. The van der Waals surface area contributed by atoms with E-state index in [1.165, 1.54) is 0 Å². The number of benzene rings is 2. The molecular formula is C19H21NO3. The first-order valence-electron chi connectivity index (χ1n) is 7.88. The molecule has 1 fully saturated rings. The van der Waals surface area contributed by atoms with Gasteiger partial charge < -0.3 is 14.7 Å². The molecule has 0 aromatic heterocycles. The lowest BCUT2D eigenvalue weighted by atomic mass is 10.1. The molecule has 0 atom stereocenters. The molecule has 2 aromatic rings. The number of carbonyl (C=O) groups is 1. The smallest absolute Gasteiger partial charge is 0.227 e. The second-order valence-corrected chi connectivity index (χ2v) is 5.98. The van der Waals surface area contributed by atoms with Gasteiger partial charge >= 0.3 is 0 Å². The Hall–Kier alpha value is -2.49. The van der Waals surface area contributed by atoms with Gasteiger partial charge in [-0.05, 0) is 36.6 Å². The summed E-state index contributed by atoms with van der Waals surface area (Å²) in [5.41, 5.74) is 1.78. The normalized spacial score (nSPS) is 13.6. The molecule has 0 aliphatic heterocycles. The summed E-state index contributed by atoms with van der Waals surface area (Å²) >= 11 is 0. The molecule has 4 heteroatoms. The maximum Gasteiger partial charge on any atom is 0.227 e. The van der Waals surface area contributed by atoms with Crippen molar-refractivity contribution in [3.8, 4) is 11.5 Å². The quantitative estimate of drug-likeness (QED) is 0.891. The van der Waals surface area contributed by atoms with Gasteiger partial charge in [0.15, 0.2) is 0 Å². The van der Waals surface area contributed by atoms with Crippen LogP contribution in [-0.2, 0) is 17.8 Å². The number of phenols is 1. The van der Waals surface area contributed by atoms with Gasteiger partial charge in [0.2, 0.25) is 5.91 Å². The minimum Gasteiger partial charge on any atom is -0.508 e. The fraction of sp³-hybridized carbons (Fsp3) is 0.316. The van der Waals surface area contributed by atoms with Crippen LogP contribution in [0.4, 0.5) is 0 Å². The number of ether oxygens (including phenoxy) is 1. The third-order valence-corrected chi connectivity index (χ3v) is 4.11. The van der Waals surface area contributed by atoms with Crippen LogP contribution in [-0.4, -0.2) is 29.0 Å². The molecular weight excluding hydrogens is 290 g/mol. The highest BCUT2D eigenvalue weighted by molar-refractivity contribution is 5.80. The molecule has 1 N–H and O–H groups in total. The zero-order valence-electron chi connectivity index (χ0n) is 13.2. The summed E-state index contributed by atoms with van der Waals surface area (Å²) in [7, 11) is 1.84. The van der Waals surface area contributed by atoms with Gasteiger partial charge in [-0.3, -0.25) is 4.79 Å². The van der Waals surface area contributed by atoms with E-state index in [0.29, 0.717) is 18.4 Å². The van der Waals surface area contributed by atoms with Crippen LogP contribution in [0.2, 0.25) is 0 Å². The van der Waals surface area contributed by atoms with Gasteiger partial charge in [-0.1, -0.05) is 30.3 Å². The van der Waals surface area contributed by atoms with Crippen molar-refractivity contribution in [1.82, 2.24) is 4.90 Å². The van der Waals surface area contributed by atoms with Gasteiger partial charge in [0.05, 0.1) is 6.42 Å². The van der Waals surface area contributed by atoms with E-state index in [1.807, 2.05) is 37.4 Å². The third-order valence-electron chi connectivity index (χ3n) is 4.11. The number of carbonyl (C=O) groups excluding carboxylic acids is 1. The lowest BCUT2D eigenvalue weighted by molar-refractivity contribution is -0.129. The summed E-state index contributed by atoms with van der Waals surface area (Å²) in [5.74, 6) is 0.848. The van der Waals surface area contributed by atoms with E-state index in [2.05, 4.69) is 0 Å². The summed E-state index contributed by atoms with van der Waals surface area (Å²) in [6, 6.07) is 15.2. The lowest BCUT2D eigenvalue weighted by Crippen LogP contribution is -2.30. The number of phenolic OH excluding ortho intramolecular Hbond substituents is 1. The minimum atomic E-state index is 0.0580. The van der Waals surface area contributed by atoms with Crippen molar-refractivity contribution in [2.75, 3.05) is 7.05 Å². The number of nitrogens with zero attached hydrogens (tertiary/aromatic N) is 1. The topological polar surface area (TPSA) is 49.8 Å². The Kier molecular flexibility index (Phi) is 4.51. The maximum absolute atomic E-state index is 12.3. The highest BCUT2D eigenvalue weighted by atomic mass is 16.5. The molecule has 0 spiro atoms. The van der Waals surface area contributed by atoms with Crippen LogP contribution in [0.5, 0.6) is 11.5 Å². The molecule has 1 amide bonds. The molecule has 120 valence electrons. The monoisotopic (exact) mass is 311 g/mol. The zero-order valence-corrected chi connectivity index (χ0v) is 13.2. The van der Waals surface area contributed by atoms with E-state index in [-0.39, 0.29) is 18.1 Å². The van der Waals surface area contributed by atoms with Crippen molar-refractivity contribution in [2.24, 2.45) is 0 Å². The van der Waals surface area contributed by atoms with Crippen molar-refractivity contribution in [2.45, 2.75) is 31.9 Å². The number of amides is 1. The average molecular weight is 311 g/mol. The molecule has 3 rings (SSSR count). The van der Waals surface area contributed by atoms with E-state index in [9.17, 15) is 9.90 Å². The van der Waals surface area contributed by atoms with Crippen LogP contribution in [0.3, 0.4) is 0 Å². The number of aromatic hydroxyl groups is 1. The van der Waals surface area contributed by atoms with Crippen LogP contribution in [0.1, 0.15) is 24.0 Å². The van der Waals surface area contributed by atoms with Crippen LogP contribution < -0.4 is 4.74 Å². The molecule has 1 saturated carbocycles. The van der Waals surface area contributed by atoms with E-state index >= 15 is 0 Å². The summed E-state index contributed by atoms with van der Waals surface area (Å²) in [6.07, 6.45) is 2.41. The predicted octanol–water partition coefficient (Wildman–Crippen LogP) is 3.13. The number of rotatable bonds is 6. The van der Waals surface area contributed by atoms with Crippen LogP contribution in [0.15, 0.2) is 48.5 Å². The number of hydrogen-bond acceptors (Lipinski definition) is 3. The van der Waals surface area contributed by atoms with Gasteiger partial charge in [-0.2, -0.15) is 0 Å². The molecule has 0 unspecified atom stereocenters. The SMILES string of the molecule is CN(C(=O)Cc1cc(O)ccc1OCc1ccccc1)C1CC1. The third kappa shape index (κ3) is 4.03. The molecule has 0 heterocycles. The highest BCUT2D eigenvalue weighted by Gasteiger charge is 2.29. The molecule has 0 bridgehead atoms. The van der Waals surface area contributed by atoms with Gasteiger partial charge in [-0.25, -0.2) is 0 Å². The van der Waals surface area contributed by atoms with Gasteiger partial charge in [-0.15, -0.1) is 0 Å². The molecule has 0 saturated heterocycles. The Bertz CT molecular complexity index is 680. The molecule has 1 aliphatic carbocycles. The summed E-state index contributed by atoms with van der Waals surface area (Å²) in [5, 5.41) is 9.72. The Balaban J connectivity index is 1.70. The Morgan fingerprint density at radius 1 is 1.22 bits per heavy atom. The van der Waals surface area contributed by atoms with E-state index in [0.717, 1.165) is 24.0 Å². The predicted molar refractivity (Wildman–Crippen MR) is 88.4 cm³/mol. The maximum atomic E-state index is 12.3. The summed E-state index contributed by atoms with van der Waals surface area (Å²) < 4.78 is 5.85. The van der Waals surface area contributed by atoms with Gasteiger partial charge in [0, 0.05) is 18.7 Å². The Morgan fingerprint density at radius 3 is 2.65 bits per heavy atom. The Labute approximate surface area is 136 Å². The standard InChI is InChI=1S/C19H21NO3/c1-20(16-7-8-16)19(22)12-15-11-17(21)9-10-18(15)23-13-14-5-3-2-4-6-14/h2-6,9-11,16,21H,7-8,12-13H2,1H3. The summed E-state index contributed by atoms with van der Waals surface area (Å²) in [4.78, 5) is 14.1. The zero-order chi connectivity index (χ0) is 16.2. The second-order valence-electron chi connectivity index (χ2n) is 5.98. The van der Waals surface area contributed by atoms with Crippen LogP contribution >= 0.6 is 0 Å². The van der Waals surface area contributed by atoms with Crippen LogP contribution in [0, 0.1) is 0 Å². The first kappa shape index (κ1) is 15.4. The molecule has 23 heavy (non-hydrogen) atoms. The first-order chi connectivity index (χ1) is 11.1. The van der Waals surface area contributed by atoms with Crippen molar-refractivity contribution < 1.29 is 14.6 Å². The van der Waals surface area contributed by atoms with Gasteiger partial charge in [0.1, 0.15) is 18.1 Å². The molecule has 0 radical (unpaired) electrons. The molecule has 1 aliphatic rings. The van der Waals surface area contributed by atoms with Crippen molar-refractivity contribution in [1.29, 1.82) is 0 Å². The number of hydrogen-bond donors (Lipinski definition) is 1. The highest BCUT2D eigenvalue weighted by Crippen LogP contribution is 2.28. The van der Waals surface area contributed by atoms with E-state index in [1.54, 1.807) is 23.1 Å².